The molecule has 1 aromatic carbocycles. The van der Waals surface area contributed by atoms with E-state index in [9.17, 15) is 27.9 Å². The van der Waals surface area contributed by atoms with E-state index in [0.717, 1.165) is 43.9 Å². The van der Waals surface area contributed by atoms with Crippen LogP contribution in [-0.2, 0) is 29.4 Å². The van der Waals surface area contributed by atoms with Crippen molar-refractivity contribution in [3.63, 3.8) is 0 Å². The zero-order valence-corrected chi connectivity index (χ0v) is 22.0. The zero-order valence-electron chi connectivity index (χ0n) is 21.2. The highest BCUT2D eigenvalue weighted by Crippen LogP contribution is 2.54. The number of benzene rings is 1. The fraction of sp³-hybridized carbons (Fsp3) is 0.414. The molecule has 0 radical (unpaired) electrons. The number of H-pyrrole nitrogens is 1. The van der Waals surface area contributed by atoms with Crippen LogP contribution >= 0.6 is 11.3 Å². The Morgan fingerprint density at radius 1 is 1.18 bits per heavy atom. The second kappa shape index (κ2) is 9.75. The van der Waals surface area contributed by atoms with Crippen LogP contribution in [-0.4, -0.2) is 32.4 Å². The lowest BCUT2D eigenvalue weighted by Crippen LogP contribution is -2.42. The van der Waals surface area contributed by atoms with E-state index in [-0.39, 0.29) is 29.6 Å². The number of halogens is 3. The number of thiophene rings is 1. The molecule has 3 aliphatic rings. The third kappa shape index (κ3) is 4.84. The first kappa shape index (κ1) is 26.0. The molecule has 10 heteroatoms. The van der Waals surface area contributed by atoms with Gasteiger partial charge in [-0.15, -0.1) is 11.3 Å². The molecule has 1 atom stereocenters. The van der Waals surface area contributed by atoms with Crippen LogP contribution in [0.25, 0.3) is 5.57 Å². The van der Waals surface area contributed by atoms with Crippen LogP contribution in [0, 0.1) is 0 Å². The quantitative estimate of drug-likeness (QED) is 0.435. The van der Waals surface area contributed by atoms with Crippen molar-refractivity contribution in [3.05, 3.63) is 90.8 Å². The summed E-state index contributed by atoms with van der Waals surface area (Å²) >= 11 is 1.70. The number of alkyl halides is 3. The van der Waals surface area contributed by atoms with E-state index in [1.807, 2.05) is 0 Å². The maximum Gasteiger partial charge on any atom is 0.416 e. The van der Waals surface area contributed by atoms with Crippen molar-refractivity contribution in [1.82, 2.24) is 14.9 Å². The molecular formula is C29H28F3N3O3S. The van der Waals surface area contributed by atoms with Gasteiger partial charge in [0.25, 0.3) is 11.5 Å². The van der Waals surface area contributed by atoms with Gasteiger partial charge in [0.05, 0.1) is 28.8 Å². The van der Waals surface area contributed by atoms with Crippen molar-refractivity contribution < 1.29 is 23.1 Å². The molecule has 0 spiro atoms. The molecule has 2 aliphatic carbocycles. The summed E-state index contributed by atoms with van der Waals surface area (Å²) in [6.45, 7) is 0.152. The summed E-state index contributed by atoms with van der Waals surface area (Å²) < 4.78 is 39.3. The van der Waals surface area contributed by atoms with Crippen LogP contribution in [0.1, 0.15) is 83.3 Å². The van der Waals surface area contributed by atoms with Gasteiger partial charge in [0.2, 0.25) is 0 Å². The molecule has 1 saturated carbocycles. The lowest BCUT2D eigenvalue weighted by atomic mass is 9.94. The summed E-state index contributed by atoms with van der Waals surface area (Å²) in [4.78, 5) is 36.5. The molecule has 2 aromatic heterocycles. The fourth-order valence-corrected chi connectivity index (χ4v) is 6.82. The smallest absolute Gasteiger partial charge is 0.378 e. The first-order chi connectivity index (χ1) is 18.7. The monoisotopic (exact) mass is 555 g/mol. The summed E-state index contributed by atoms with van der Waals surface area (Å²) in [5.74, 6) is -0.0914. The highest BCUT2D eigenvalue weighted by molar-refractivity contribution is 7.10. The van der Waals surface area contributed by atoms with E-state index in [2.05, 4.69) is 22.5 Å². The minimum Gasteiger partial charge on any atom is -0.378 e. The van der Waals surface area contributed by atoms with E-state index in [4.69, 9.17) is 4.98 Å². The van der Waals surface area contributed by atoms with Gasteiger partial charge in [-0.1, -0.05) is 18.2 Å². The topological polar surface area (TPSA) is 86.3 Å². The Bertz CT molecular complexity index is 1520. The largest absolute Gasteiger partial charge is 0.416 e. The van der Waals surface area contributed by atoms with Gasteiger partial charge >= 0.3 is 6.18 Å². The van der Waals surface area contributed by atoms with Gasteiger partial charge in [-0.25, -0.2) is 4.98 Å². The Morgan fingerprint density at radius 2 is 2.00 bits per heavy atom. The predicted molar refractivity (Wildman–Crippen MR) is 141 cm³/mol. The molecule has 39 heavy (non-hydrogen) atoms. The number of allylic oxidation sites excluding steroid dienone is 2. The fourth-order valence-electron chi connectivity index (χ4n) is 5.62. The Kier molecular flexibility index (Phi) is 6.50. The van der Waals surface area contributed by atoms with E-state index in [1.54, 1.807) is 11.3 Å². The number of aliphatic hydroxyl groups excluding tert-OH is 1. The second-order valence-corrected chi connectivity index (χ2v) is 11.5. The summed E-state index contributed by atoms with van der Waals surface area (Å²) in [6.07, 6.45) is 2.76. The number of rotatable bonds is 5. The van der Waals surface area contributed by atoms with Crippen molar-refractivity contribution in [2.24, 2.45) is 0 Å². The number of fused-ring (bicyclic) bond motifs is 1. The van der Waals surface area contributed by atoms with Crippen LogP contribution in [0.4, 0.5) is 13.2 Å². The molecular weight excluding hydrogens is 527 g/mol. The molecule has 3 aromatic rings. The maximum atomic E-state index is 13.2. The predicted octanol–water partition coefficient (Wildman–Crippen LogP) is 5.51. The number of carbonyl (C=O) groups excluding carboxylic acids is 1. The number of aromatic amines is 1. The van der Waals surface area contributed by atoms with Gasteiger partial charge in [0.15, 0.2) is 6.10 Å². The van der Waals surface area contributed by atoms with Crippen molar-refractivity contribution >= 4 is 22.8 Å². The van der Waals surface area contributed by atoms with E-state index in [0.29, 0.717) is 23.5 Å². The summed E-state index contributed by atoms with van der Waals surface area (Å²) in [5.41, 5.74) is 1.94. The Hall–Kier alpha value is -3.24. The van der Waals surface area contributed by atoms with Crippen molar-refractivity contribution in [2.45, 2.75) is 69.2 Å². The number of carbonyl (C=O) groups is 1. The van der Waals surface area contributed by atoms with Crippen molar-refractivity contribution in [3.8, 4) is 0 Å². The average molecular weight is 556 g/mol. The molecule has 6 nitrogen and oxygen atoms in total. The number of hydrogen-bond donors (Lipinski definition) is 2. The molecule has 3 heterocycles. The highest BCUT2D eigenvalue weighted by atomic mass is 32.1. The van der Waals surface area contributed by atoms with Crippen molar-refractivity contribution in [1.29, 1.82) is 0 Å². The van der Waals surface area contributed by atoms with Gasteiger partial charge < -0.3 is 15.0 Å². The number of nitrogens with one attached hydrogen (secondary N) is 1. The third-order valence-corrected chi connectivity index (χ3v) is 9.21. The van der Waals surface area contributed by atoms with Crippen LogP contribution < -0.4 is 5.56 Å². The maximum absolute atomic E-state index is 13.2. The number of amides is 1. The van der Waals surface area contributed by atoms with Gasteiger partial charge in [0, 0.05) is 17.8 Å². The molecule has 6 rings (SSSR count). The van der Waals surface area contributed by atoms with Crippen LogP contribution in [0.3, 0.4) is 0 Å². The highest BCUT2D eigenvalue weighted by Gasteiger charge is 2.50. The van der Waals surface area contributed by atoms with Crippen LogP contribution in [0.5, 0.6) is 0 Å². The molecule has 0 bridgehead atoms. The lowest BCUT2D eigenvalue weighted by Gasteiger charge is -2.30. The minimum absolute atomic E-state index is 0.0584. The van der Waals surface area contributed by atoms with E-state index < -0.39 is 23.8 Å². The molecule has 0 unspecified atom stereocenters. The third-order valence-electron chi connectivity index (χ3n) is 8.08. The number of aromatic nitrogens is 2. The number of nitrogens with zero attached hydrogens (tertiary/aromatic N) is 2. The summed E-state index contributed by atoms with van der Waals surface area (Å²) in [7, 11) is 0. The first-order valence-electron chi connectivity index (χ1n) is 13.2. The Morgan fingerprint density at radius 3 is 2.72 bits per heavy atom. The van der Waals surface area contributed by atoms with Gasteiger partial charge in [-0.2, -0.15) is 13.2 Å². The minimum atomic E-state index is -4.59. The Balaban J connectivity index is 1.21. The molecule has 1 aliphatic heterocycles. The summed E-state index contributed by atoms with van der Waals surface area (Å²) in [5, 5.41) is 12.8. The number of aliphatic hydroxyl groups is 1. The number of hydrogen-bond acceptors (Lipinski definition) is 5. The average Bonchev–Trinajstić information content (AvgIpc) is 3.61. The van der Waals surface area contributed by atoms with Crippen molar-refractivity contribution in [2.75, 3.05) is 6.54 Å². The molecule has 2 N–H and O–H groups in total. The molecule has 1 amide bonds. The van der Waals surface area contributed by atoms with E-state index in [1.165, 1.54) is 39.8 Å². The standard InChI is InChI=1S/C29H28F3N3O3S/c30-29(31,32)20-8-4-7-18(13-20)24(36)26(38)35-12-9-22-21(15-35)25(37)34-27(33-22)28(10-11-28)23-14-19(16-39-23)17-5-2-1-3-6-17/h4-5,7-8,13-14,16,24,36H,1-3,6,9-12,15H2,(H,33,34,37)/t24-/m1/s1. The van der Waals surface area contributed by atoms with Gasteiger partial charge in [-0.3, -0.25) is 9.59 Å². The van der Waals surface area contributed by atoms with E-state index >= 15 is 0 Å². The second-order valence-electron chi connectivity index (χ2n) is 10.6. The normalized spacial score (nSPS) is 19.3. The van der Waals surface area contributed by atoms with Gasteiger partial charge in [-0.05, 0) is 78.8 Å². The lowest BCUT2D eigenvalue weighted by molar-refractivity contribution is -0.142. The first-order valence-corrected chi connectivity index (χ1v) is 14.1. The van der Waals surface area contributed by atoms with Gasteiger partial charge in [0.1, 0.15) is 5.82 Å². The molecule has 0 saturated heterocycles. The Labute approximate surface area is 227 Å². The molecule has 204 valence electrons. The molecule has 1 fully saturated rings. The van der Waals surface area contributed by atoms with Crippen LogP contribution in [0.15, 0.2) is 46.6 Å². The SMILES string of the molecule is O=C([C@H](O)c1cccc(C(F)(F)F)c1)N1CCc2nc(C3(c4cc(C5=CCCCC5)cs4)CC3)[nH]c(=O)c2C1. The van der Waals surface area contributed by atoms with Crippen LogP contribution in [0.2, 0.25) is 0 Å². The zero-order chi connectivity index (χ0) is 27.4. The summed E-state index contributed by atoms with van der Waals surface area (Å²) in [6, 6.07) is 6.34.